The molecule has 29 heavy (non-hydrogen) atoms. The third-order valence-corrected chi connectivity index (χ3v) is 5.53. The quantitative estimate of drug-likeness (QED) is 0.401. The Morgan fingerprint density at radius 2 is 1.97 bits per heavy atom. The molecule has 152 valence electrons. The van der Waals surface area contributed by atoms with E-state index >= 15 is 0 Å². The Bertz CT molecular complexity index is 936. The summed E-state index contributed by atoms with van der Waals surface area (Å²) in [5.41, 5.74) is 4.30. The number of thioether (sulfide) groups is 1. The van der Waals surface area contributed by atoms with Gasteiger partial charge in [-0.1, -0.05) is 36.1 Å². The van der Waals surface area contributed by atoms with Crippen LogP contribution < -0.4 is 11.2 Å². The highest BCUT2D eigenvalue weighted by Crippen LogP contribution is 2.35. The van der Waals surface area contributed by atoms with Crippen LogP contribution >= 0.6 is 11.8 Å². The van der Waals surface area contributed by atoms with Crippen LogP contribution in [0.2, 0.25) is 0 Å². The third-order valence-electron chi connectivity index (χ3n) is 4.43. The molecule has 0 spiro atoms. The number of nitrogens with zero attached hydrogens (tertiary/aromatic N) is 2. The summed E-state index contributed by atoms with van der Waals surface area (Å²) >= 11 is 1.60. The van der Waals surface area contributed by atoms with Crippen LogP contribution in [0.25, 0.3) is 0 Å². The summed E-state index contributed by atoms with van der Waals surface area (Å²) in [5.74, 6) is 5.59. The van der Waals surface area contributed by atoms with Crippen LogP contribution in [0.4, 0.5) is 0 Å². The van der Waals surface area contributed by atoms with Gasteiger partial charge in [0.2, 0.25) is 0 Å². The van der Waals surface area contributed by atoms with Gasteiger partial charge in [-0.05, 0) is 62.6 Å². The van der Waals surface area contributed by atoms with Crippen molar-refractivity contribution in [3.63, 3.8) is 0 Å². The number of rotatable bonds is 7. The van der Waals surface area contributed by atoms with E-state index in [2.05, 4.69) is 27.6 Å². The van der Waals surface area contributed by atoms with Crippen LogP contribution in [0.1, 0.15) is 30.9 Å². The molecule has 0 saturated carbocycles. The number of carbonyl (C=O) groups is 1. The first-order chi connectivity index (χ1) is 14.0. The lowest BCUT2D eigenvalue weighted by atomic mass is 10.0. The number of aliphatic imine (C=N–C) groups is 1. The van der Waals surface area contributed by atoms with E-state index in [9.17, 15) is 4.79 Å². The Morgan fingerprint density at radius 1 is 1.21 bits per heavy atom. The molecule has 0 unspecified atom stereocenters. The zero-order valence-electron chi connectivity index (χ0n) is 17.4. The average molecular weight is 409 g/mol. The molecule has 1 aromatic rings. The van der Waals surface area contributed by atoms with Crippen molar-refractivity contribution >= 4 is 29.1 Å². The molecular formula is C23H28N4OS. The monoisotopic (exact) mass is 408 g/mol. The van der Waals surface area contributed by atoms with Gasteiger partial charge >= 0.3 is 0 Å². The number of nitrogens with one attached hydrogen (secondary N) is 1. The molecule has 3 N–H and O–H groups in total. The Balaban J connectivity index is 2.23. The Labute approximate surface area is 177 Å². The van der Waals surface area contributed by atoms with E-state index in [0.29, 0.717) is 5.71 Å². The van der Waals surface area contributed by atoms with Gasteiger partial charge in [0.1, 0.15) is 0 Å². The lowest BCUT2D eigenvalue weighted by Gasteiger charge is -2.15. The van der Waals surface area contributed by atoms with Crippen LogP contribution in [-0.4, -0.2) is 31.4 Å². The van der Waals surface area contributed by atoms with E-state index in [1.165, 1.54) is 0 Å². The highest BCUT2D eigenvalue weighted by molar-refractivity contribution is 8.03. The second-order valence-electron chi connectivity index (χ2n) is 6.42. The van der Waals surface area contributed by atoms with Gasteiger partial charge in [-0.25, -0.2) is 0 Å². The van der Waals surface area contributed by atoms with E-state index in [1.807, 2.05) is 56.4 Å². The van der Waals surface area contributed by atoms with Gasteiger partial charge in [0.05, 0.1) is 11.4 Å². The van der Waals surface area contributed by atoms with Crippen molar-refractivity contribution in [2.75, 3.05) is 14.1 Å². The van der Waals surface area contributed by atoms with Gasteiger partial charge in [-0.2, -0.15) is 5.10 Å². The smallest absolute Gasteiger partial charge is 0.251 e. The molecule has 0 fully saturated rings. The summed E-state index contributed by atoms with van der Waals surface area (Å²) in [6.07, 6.45) is 13.6. The summed E-state index contributed by atoms with van der Waals surface area (Å²) < 4.78 is 0. The lowest BCUT2D eigenvalue weighted by molar-refractivity contribution is -0.116. The highest BCUT2D eigenvalue weighted by atomic mass is 32.2. The molecule has 1 amide bonds. The lowest BCUT2D eigenvalue weighted by Crippen LogP contribution is -2.21. The van der Waals surface area contributed by atoms with E-state index < -0.39 is 0 Å². The molecule has 0 atom stereocenters. The molecule has 0 saturated heterocycles. The SMILES string of the molecule is C/C=C\C(/C=C/C(=N/N)c1ccc(SC2=CCCC=C2C(=O)NC)cc1C)=NC. The van der Waals surface area contributed by atoms with Crippen molar-refractivity contribution in [2.45, 2.75) is 31.6 Å². The number of benzene rings is 1. The summed E-state index contributed by atoms with van der Waals surface area (Å²) in [6, 6.07) is 6.14. The maximum atomic E-state index is 12.1. The van der Waals surface area contributed by atoms with Crippen molar-refractivity contribution in [3.8, 4) is 0 Å². The van der Waals surface area contributed by atoms with Gasteiger partial charge < -0.3 is 11.2 Å². The molecular weight excluding hydrogens is 380 g/mol. The zero-order valence-corrected chi connectivity index (χ0v) is 18.2. The summed E-state index contributed by atoms with van der Waals surface area (Å²) in [6.45, 7) is 3.98. The first-order valence-electron chi connectivity index (χ1n) is 9.51. The number of hydrogen-bond acceptors (Lipinski definition) is 5. The molecule has 1 aliphatic rings. The van der Waals surface area contributed by atoms with Crippen LogP contribution in [0, 0.1) is 6.92 Å². The van der Waals surface area contributed by atoms with Crippen LogP contribution in [0.5, 0.6) is 0 Å². The molecule has 1 aliphatic carbocycles. The first kappa shape index (κ1) is 22.4. The Kier molecular flexibility index (Phi) is 8.68. The van der Waals surface area contributed by atoms with Crippen LogP contribution in [-0.2, 0) is 4.79 Å². The number of hydrogen-bond donors (Lipinski definition) is 2. The fourth-order valence-corrected chi connectivity index (χ4v) is 4.06. The molecule has 0 radical (unpaired) electrons. The van der Waals surface area contributed by atoms with Crippen molar-refractivity contribution in [1.29, 1.82) is 0 Å². The normalized spacial score (nSPS) is 15.6. The molecule has 1 aromatic carbocycles. The van der Waals surface area contributed by atoms with Crippen molar-refractivity contribution in [3.05, 3.63) is 76.3 Å². The zero-order chi connectivity index (χ0) is 21.2. The minimum atomic E-state index is -0.0472. The van der Waals surface area contributed by atoms with Gasteiger partial charge in [-0.3, -0.25) is 9.79 Å². The minimum absolute atomic E-state index is 0.0472. The number of likely N-dealkylation sites (N-methyl/N-ethyl adjacent to an activating group) is 1. The highest BCUT2D eigenvalue weighted by Gasteiger charge is 2.17. The number of carbonyl (C=O) groups excluding carboxylic acids is 1. The molecule has 0 aromatic heterocycles. The van der Waals surface area contributed by atoms with Gasteiger partial charge in [-0.15, -0.1) is 0 Å². The van der Waals surface area contributed by atoms with Gasteiger partial charge in [0.25, 0.3) is 5.91 Å². The minimum Gasteiger partial charge on any atom is -0.355 e. The number of aryl methyl sites for hydroxylation is 1. The predicted molar refractivity (Wildman–Crippen MR) is 125 cm³/mol. The number of allylic oxidation sites excluding steroid dienone is 6. The number of nitrogens with two attached hydrogens (primary N) is 1. The molecule has 2 rings (SSSR count). The second kappa shape index (κ2) is 11.2. The summed E-state index contributed by atoms with van der Waals surface area (Å²) in [4.78, 5) is 18.4. The molecule has 6 heteroatoms. The van der Waals surface area contributed by atoms with Gasteiger partial charge in [0, 0.05) is 35.0 Å². The number of amides is 1. The van der Waals surface area contributed by atoms with Gasteiger partial charge in [0.15, 0.2) is 0 Å². The molecule has 5 nitrogen and oxygen atoms in total. The maximum absolute atomic E-state index is 12.1. The molecule has 0 bridgehead atoms. The fourth-order valence-electron chi connectivity index (χ4n) is 2.94. The molecule has 0 aliphatic heterocycles. The van der Waals surface area contributed by atoms with Crippen molar-refractivity contribution in [1.82, 2.24) is 5.32 Å². The van der Waals surface area contributed by atoms with Crippen molar-refractivity contribution in [2.24, 2.45) is 15.9 Å². The Hall–Kier alpha value is -2.86. The summed E-state index contributed by atoms with van der Waals surface area (Å²) in [5, 5.41) is 6.66. The van der Waals surface area contributed by atoms with Crippen molar-refractivity contribution < 1.29 is 4.79 Å². The average Bonchev–Trinajstić information content (AvgIpc) is 2.74. The third kappa shape index (κ3) is 6.06. The topological polar surface area (TPSA) is 79.8 Å². The van der Waals surface area contributed by atoms with E-state index in [1.54, 1.807) is 25.9 Å². The largest absolute Gasteiger partial charge is 0.355 e. The van der Waals surface area contributed by atoms with Crippen LogP contribution in [0.3, 0.4) is 0 Å². The standard InChI is InChI=1S/C23H28N4OS/c1-5-8-17(25-3)11-14-21(27-24)19-13-12-18(15-16(19)2)29-22-10-7-6-9-20(22)23(28)26-4/h5,8-15H,6-7,24H2,1-4H3,(H,26,28)/b8-5-,14-11+,25-17?,27-21-. The fraction of sp³-hybridized carbons (Fsp3) is 0.261. The first-order valence-corrected chi connectivity index (χ1v) is 10.3. The van der Waals surface area contributed by atoms with E-state index in [4.69, 9.17) is 5.84 Å². The second-order valence-corrected chi connectivity index (χ2v) is 7.53. The number of hydrazone groups is 1. The summed E-state index contributed by atoms with van der Waals surface area (Å²) in [7, 11) is 3.41. The maximum Gasteiger partial charge on any atom is 0.251 e. The predicted octanol–water partition coefficient (Wildman–Crippen LogP) is 4.30. The van der Waals surface area contributed by atoms with E-state index in [-0.39, 0.29) is 5.91 Å². The van der Waals surface area contributed by atoms with E-state index in [0.717, 1.165) is 45.1 Å². The molecule has 0 heterocycles. The van der Waals surface area contributed by atoms with Crippen LogP contribution in [0.15, 0.2) is 80.1 Å². The Morgan fingerprint density at radius 3 is 2.59 bits per heavy atom.